The second-order valence-electron chi connectivity index (χ2n) is 2.34. The number of alkyl halides is 1. The first-order chi connectivity index (χ1) is 5.15. The summed E-state index contributed by atoms with van der Waals surface area (Å²) in [6.45, 7) is 1.66. The summed E-state index contributed by atoms with van der Waals surface area (Å²) in [4.78, 5) is 0. The number of benzene rings is 1. The molecule has 0 amide bonds. The van der Waals surface area contributed by atoms with Crippen LogP contribution in [-0.4, -0.2) is 0 Å². The van der Waals surface area contributed by atoms with Crippen LogP contribution in [0, 0.1) is 12.7 Å². The molecule has 0 nitrogen and oxygen atoms in total. The molecule has 0 fully saturated rings. The Bertz CT molecular complexity index is 248. The molecule has 0 bridgehead atoms. The molecule has 0 aliphatic heterocycles. The van der Waals surface area contributed by atoms with Crippen LogP contribution in [0.1, 0.15) is 11.1 Å². The van der Waals surface area contributed by atoms with E-state index in [2.05, 4.69) is 0 Å². The van der Waals surface area contributed by atoms with E-state index in [1.165, 1.54) is 6.07 Å². The van der Waals surface area contributed by atoms with Crippen LogP contribution in [0.15, 0.2) is 12.1 Å². The molecule has 0 N–H and O–H groups in total. The first-order valence-corrected chi connectivity index (χ1v) is 4.07. The van der Waals surface area contributed by atoms with Gasteiger partial charge in [-0.2, -0.15) is 0 Å². The highest BCUT2D eigenvalue weighted by molar-refractivity contribution is 6.31. The van der Waals surface area contributed by atoms with Gasteiger partial charge in [-0.15, -0.1) is 11.6 Å². The standard InChI is InChI=1S/C8H7Cl2F/c1-5-2-6(4-9)3-7(10)8(5)11/h2-3H,4H2,1H3. The first kappa shape index (κ1) is 8.82. The fourth-order valence-corrected chi connectivity index (χ4v) is 1.32. The third-order valence-electron chi connectivity index (χ3n) is 1.42. The van der Waals surface area contributed by atoms with Crippen molar-refractivity contribution in [3.05, 3.63) is 34.1 Å². The Labute approximate surface area is 74.9 Å². The Morgan fingerprint density at radius 3 is 2.55 bits per heavy atom. The Morgan fingerprint density at radius 1 is 1.45 bits per heavy atom. The summed E-state index contributed by atoms with van der Waals surface area (Å²) >= 11 is 11.1. The molecule has 1 aromatic carbocycles. The van der Waals surface area contributed by atoms with Crippen LogP contribution in [0.5, 0.6) is 0 Å². The van der Waals surface area contributed by atoms with E-state index in [1.54, 1.807) is 13.0 Å². The second kappa shape index (κ2) is 3.42. The molecule has 3 heteroatoms. The van der Waals surface area contributed by atoms with Gasteiger partial charge in [0.2, 0.25) is 0 Å². The van der Waals surface area contributed by atoms with Crippen molar-refractivity contribution in [1.82, 2.24) is 0 Å². The number of rotatable bonds is 1. The largest absolute Gasteiger partial charge is 0.205 e. The zero-order valence-corrected chi connectivity index (χ0v) is 7.51. The SMILES string of the molecule is Cc1cc(CCl)cc(Cl)c1F. The molecule has 0 aliphatic carbocycles. The highest BCUT2D eigenvalue weighted by Crippen LogP contribution is 2.20. The molecule has 0 saturated carbocycles. The third kappa shape index (κ3) is 1.85. The van der Waals surface area contributed by atoms with E-state index in [4.69, 9.17) is 23.2 Å². The quantitative estimate of drug-likeness (QED) is 0.598. The van der Waals surface area contributed by atoms with Gasteiger partial charge in [0.1, 0.15) is 5.82 Å². The van der Waals surface area contributed by atoms with Gasteiger partial charge < -0.3 is 0 Å². The lowest BCUT2D eigenvalue weighted by Crippen LogP contribution is -1.87. The summed E-state index contributed by atoms with van der Waals surface area (Å²) in [5, 5.41) is 0.139. The molecule has 0 aromatic heterocycles. The number of halogens is 3. The van der Waals surface area contributed by atoms with Crippen LogP contribution >= 0.6 is 23.2 Å². The van der Waals surface area contributed by atoms with Gasteiger partial charge in [0.15, 0.2) is 0 Å². The number of aryl methyl sites for hydroxylation is 1. The lowest BCUT2D eigenvalue weighted by molar-refractivity contribution is 0.618. The highest BCUT2D eigenvalue weighted by Gasteiger charge is 2.04. The predicted octanol–water partition coefficient (Wildman–Crippen LogP) is 3.53. The van der Waals surface area contributed by atoms with Gasteiger partial charge in [0, 0.05) is 5.88 Å². The lowest BCUT2D eigenvalue weighted by Gasteiger charge is -2.01. The van der Waals surface area contributed by atoms with E-state index in [-0.39, 0.29) is 10.8 Å². The molecular weight excluding hydrogens is 186 g/mol. The molecular formula is C8H7Cl2F. The minimum atomic E-state index is -0.361. The van der Waals surface area contributed by atoms with Crippen LogP contribution < -0.4 is 0 Å². The van der Waals surface area contributed by atoms with E-state index < -0.39 is 0 Å². The van der Waals surface area contributed by atoms with E-state index in [0.717, 1.165) is 5.56 Å². The molecule has 0 aliphatic rings. The molecule has 11 heavy (non-hydrogen) atoms. The normalized spacial score (nSPS) is 10.2. The second-order valence-corrected chi connectivity index (χ2v) is 3.02. The third-order valence-corrected chi connectivity index (χ3v) is 2.01. The van der Waals surface area contributed by atoms with Crippen molar-refractivity contribution in [3.8, 4) is 0 Å². The van der Waals surface area contributed by atoms with Gasteiger partial charge in [-0.1, -0.05) is 17.7 Å². The fraction of sp³-hybridized carbons (Fsp3) is 0.250. The van der Waals surface area contributed by atoms with Crippen molar-refractivity contribution in [3.63, 3.8) is 0 Å². The van der Waals surface area contributed by atoms with Crippen molar-refractivity contribution in [1.29, 1.82) is 0 Å². The van der Waals surface area contributed by atoms with E-state index >= 15 is 0 Å². The summed E-state index contributed by atoms with van der Waals surface area (Å²) in [5.74, 6) is 0.00133. The molecule has 1 rings (SSSR count). The minimum Gasteiger partial charge on any atom is -0.205 e. The fourth-order valence-electron chi connectivity index (χ4n) is 0.875. The zero-order valence-electron chi connectivity index (χ0n) is 6.00. The smallest absolute Gasteiger partial charge is 0.144 e. The molecule has 0 radical (unpaired) electrons. The summed E-state index contributed by atoms with van der Waals surface area (Å²) in [5.41, 5.74) is 1.38. The molecule has 0 saturated heterocycles. The maximum Gasteiger partial charge on any atom is 0.144 e. The van der Waals surface area contributed by atoms with Crippen molar-refractivity contribution in [2.75, 3.05) is 0 Å². The number of hydrogen-bond acceptors (Lipinski definition) is 0. The molecule has 0 spiro atoms. The van der Waals surface area contributed by atoms with Crippen molar-refractivity contribution in [2.45, 2.75) is 12.8 Å². The molecule has 0 heterocycles. The highest BCUT2D eigenvalue weighted by atomic mass is 35.5. The monoisotopic (exact) mass is 192 g/mol. The van der Waals surface area contributed by atoms with Crippen LogP contribution in [0.25, 0.3) is 0 Å². The van der Waals surface area contributed by atoms with Crippen LogP contribution in [0.4, 0.5) is 4.39 Å². The maximum absolute atomic E-state index is 12.9. The maximum atomic E-state index is 12.9. The summed E-state index contributed by atoms with van der Waals surface area (Å²) in [6.07, 6.45) is 0. The van der Waals surface area contributed by atoms with Crippen molar-refractivity contribution < 1.29 is 4.39 Å². The van der Waals surface area contributed by atoms with Gasteiger partial charge in [0.25, 0.3) is 0 Å². The zero-order chi connectivity index (χ0) is 8.43. The van der Waals surface area contributed by atoms with Gasteiger partial charge in [-0.25, -0.2) is 4.39 Å². The predicted molar refractivity (Wildman–Crippen MR) is 45.7 cm³/mol. The molecule has 0 atom stereocenters. The molecule has 60 valence electrons. The van der Waals surface area contributed by atoms with Crippen molar-refractivity contribution in [2.24, 2.45) is 0 Å². The summed E-state index contributed by atoms with van der Waals surface area (Å²) in [7, 11) is 0. The Hall–Kier alpha value is -0.270. The van der Waals surface area contributed by atoms with Gasteiger partial charge in [-0.05, 0) is 24.1 Å². The topological polar surface area (TPSA) is 0 Å². The van der Waals surface area contributed by atoms with Crippen LogP contribution in [0.2, 0.25) is 5.02 Å². The van der Waals surface area contributed by atoms with E-state index in [1.807, 2.05) is 0 Å². The van der Waals surface area contributed by atoms with E-state index in [9.17, 15) is 4.39 Å². The average molecular weight is 193 g/mol. The average Bonchev–Trinajstić information content (AvgIpc) is 1.99. The first-order valence-electron chi connectivity index (χ1n) is 3.15. The van der Waals surface area contributed by atoms with Crippen molar-refractivity contribution >= 4 is 23.2 Å². The van der Waals surface area contributed by atoms with Gasteiger partial charge >= 0.3 is 0 Å². The Kier molecular flexibility index (Phi) is 2.74. The van der Waals surface area contributed by atoms with Gasteiger partial charge in [0.05, 0.1) is 5.02 Å². The minimum absolute atomic E-state index is 0.139. The summed E-state index contributed by atoms with van der Waals surface area (Å²) in [6, 6.07) is 3.23. The Balaban J connectivity index is 3.21. The summed E-state index contributed by atoms with van der Waals surface area (Å²) < 4.78 is 12.9. The van der Waals surface area contributed by atoms with Gasteiger partial charge in [-0.3, -0.25) is 0 Å². The lowest BCUT2D eigenvalue weighted by atomic mass is 10.1. The molecule has 1 aromatic rings. The van der Waals surface area contributed by atoms with Crippen LogP contribution in [0.3, 0.4) is 0 Å². The molecule has 0 unspecified atom stereocenters. The van der Waals surface area contributed by atoms with Crippen LogP contribution in [-0.2, 0) is 5.88 Å². The Morgan fingerprint density at radius 2 is 2.09 bits per heavy atom. The van der Waals surface area contributed by atoms with E-state index in [0.29, 0.717) is 11.4 Å². The number of hydrogen-bond donors (Lipinski definition) is 0.